The Bertz CT molecular complexity index is 3150. The van der Waals surface area contributed by atoms with E-state index in [1.165, 1.54) is 48.6 Å². The zero-order chi connectivity index (χ0) is 32.8. The maximum absolute atomic E-state index is 5.48. The maximum Gasteiger partial charge on any atom is 0.235 e. The molecule has 4 heteroatoms. The highest BCUT2D eigenvalue weighted by Gasteiger charge is 2.20. The van der Waals surface area contributed by atoms with E-state index in [2.05, 4.69) is 179 Å². The molecule has 4 nitrogen and oxygen atoms in total. The Kier molecular flexibility index (Phi) is 5.63. The van der Waals surface area contributed by atoms with Crippen molar-refractivity contribution in [2.45, 2.75) is 0 Å². The highest BCUT2D eigenvalue weighted by molar-refractivity contribution is 6.23. The monoisotopic (exact) mass is 636 g/mol. The first kappa shape index (κ1) is 27.2. The van der Waals surface area contributed by atoms with Gasteiger partial charge in [-0.15, -0.1) is 0 Å². The van der Waals surface area contributed by atoms with E-state index in [1.807, 2.05) is 0 Å². The molecule has 0 aliphatic heterocycles. The average molecular weight is 637 g/mol. The Morgan fingerprint density at radius 3 is 1.88 bits per heavy atom. The second kappa shape index (κ2) is 10.4. The summed E-state index contributed by atoms with van der Waals surface area (Å²) in [5.74, 6) is 0.660. The van der Waals surface area contributed by atoms with Crippen LogP contribution in [0.5, 0.6) is 0 Å². The van der Waals surface area contributed by atoms with Crippen LogP contribution in [-0.2, 0) is 0 Å². The SMILES string of the molecule is c1ccc(-n2c3ccccc3c3ccc(-c4nc(-n5c6cc7ccccc7cc6c6c7ccccc7ccc65)nc5ccccc45)cc32)cc1. The van der Waals surface area contributed by atoms with Crippen LogP contribution >= 0.6 is 0 Å². The second-order valence-electron chi connectivity index (χ2n) is 13.0. The van der Waals surface area contributed by atoms with Gasteiger partial charge in [0.05, 0.1) is 33.3 Å². The first-order valence-corrected chi connectivity index (χ1v) is 17.0. The lowest BCUT2D eigenvalue weighted by molar-refractivity contribution is 1.01. The zero-order valence-electron chi connectivity index (χ0n) is 27.0. The van der Waals surface area contributed by atoms with Crippen LogP contribution in [0.15, 0.2) is 170 Å². The summed E-state index contributed by atoms with van der Waals surface area (Å²) >= 11 is 0. The van der Waals surface area contributed by atoms with Gasteiger partial charge < -0.3 is 4.57 Å². The fourth-order valence-corrected chi connectivity index (χ4v) is 8.05. The Morgan fingerprint density at radius 1 is 0.360 bits per heavy atom. The van der Waals surface area contributed by atoms with Gasteiger partial charge in [0.1, 0.15) is 0 Å². The van der Waals surface area contributed by atoms with E-state index in [0.717, 1.165) is 44.4 Å². The third-order valence-electron chi connectivity index (χ3n) is 10.3. The Balaban J connectivity index is 1.24. The molecule has 3 aromatic heterocycles. The molecule has 0 atom stereocenters. The van der Waals surface area contributed by atoms with Crippen molar-refractivity contribution < 1.29 is 0 Å². The lowest BCUT2D eigenvalue weighted by Crippen LogP contribution is -2.03. The third-order valence-corrected chi connectivity index (χ3v) is 10.3. The number of para-hydroxylation sites is 3. The molecule has 0 unspecified atom stereocenters. The molecule has 0 aliphatic rings. The van der Waals surface area contributed by atoms with E-state index in [0.29, 0.717) is 5.95 Å². The van der Waals surface area contributed by atoms with Crippen LogP contribution in [0, 0.1) is 0 Å². The zero-order valence-corrected chi connectivity index (χ0v) is 27.0. The van der Waals surface area contributed by atoms with Crippen molar-refractivity contribution in [3.05, 3.63) is 170 Å². The largest absolute Gasteiger partial charge is 0.309 e. The van der Waals surface area contributed by atoms with E-state index in [4.69, 9.17) is 9.97 Å². The fraction of sp³-hybridized carbons (Fsp3) is 0. The quantitative estimate of drug-likeness (QED) is 0.193. The van der Waals surface area contributed by atoms with Gasteiger partial charge >= 0.3 is 0 Å². The number of rotatable bonds is 3. The number of nitrogens with zero attached hydrogens (tertiary/aromatic N) is 4. The predicted octanol–water partition coefficient (Wildman–Crippen LogP) is 11.8. The molecule has 0 bridgehead atoms. The van der Waals surface area contributed by atoms with E-state index >= 15 is 0 Å². The van der Waals surface area contributed by atoms with Gasteiger partial charge in [0.15, 0.2) is 0 Å². The average Bonchev–Trinajstić information content (AvgIpc) is 3.69. The highest BCUT2D eigenvalue weighted by atomic mass is 15.2. The maximum atomic E-state index is 5.48. The molecule has 8 aromatic carbocycles. The van der Waals surface area contributed by atoms with Gasteiger partial charge in [-0.3, -0.25) is 4.57 Å². The number of hydrogen-bond donors (Lipinski definition) is 0. The minimum atomic E-state index is 0.660. The molecule has 11 aromatic rings. The molecule has 0 aliphatic carbocycles. The van der Waals surface area contributed by atoms with Crippen LogP contribution in [-0.4, -0.2) is 19.1 Å². The van der Waals surface area contributed by atoms with Gasteiger partial charge in [-0.05, 0) is 70.1 Å². The summed E-state index contributed by atoms with van der Waals surface area (Å²) in [7, 11) is 0. The van der Waals surface area contributed by atoms with Gasteiger partial charge in [-0.1, -0.05) is 121 Å². The van der Waals surface area contributed by atoms with Crippen molar-refractivity contribution in [2.75, 3.05) is 0 Å². The lowest BCUT2D eigenvalue weighted by atomic mass is 10.0. The molecular formula is C46H28N4. The first-order valence-electron chi connectivity index (χ1n) is 17.0. The molecule has 3 heterocycles. The van der Waals surface area contributed by atoms with Crippen LogP contribution in [0.1, 0.15) is 0 Å². The molecule has 0 N–H and O–H groups in total. The van der Waals surface area contributed by atoms with Gasteiger partial charge in [0.2, 0.25) is 5.95 Å². The molecule has 50 heavy (non-hydrogen) atoms. The number of benzene rings is 8. The van der Waals surface area contributed by atoms with Crippen molar-refractivity contribution in [3.63, 3.8) is 0 Å². The highest BCUT2D eigenvalue weighted by Crippen LogP contribution is 2.40. The first-order chi connectivity index (χ1) is 24.8. The number of fused-ring (bicyclic) bond motifs is 10. The van der Waals surface area contributed by atoms with E-state index in [-0.39, 0.29) is 0 Å². The summed E-state index contributed by atoms with van der Waals surface area (Å²) in [6.45, 7) is 0. The summed E-state index contributed by atoms with van der Waals surface area (Å²) in [5, 5.41) is 10.7. The number of hydrogen-bond acceptors (Lipinski definition) is 2. The summed E-state index contributed by atoms with van der Waals surface area (Å²) in [6.07, 6.45) is 0. The Hall–Kier alpha value is -6.78. The number of aromatic nitrogens is 4. The van der Waals surface area contributed by atoms with Gasteiger partial charge in [0, 0.05) is 38.2 Å². The van der Waals surface area contributed by atoms with Crippen molar-refractivity contribution in [3.8, 4) is 22.9 Å². The van der Waals surface area contributed by atoms with Crippen molar-refractivity contribution >= 4 is 76.1 Å². The van der Waals surface area contributed by atoms with Crippen LogP contribution in [0.25, 0.3) is 99.0 Å². The van der Waals surface area contributed by atoms with E-state index in [9.17, 15) is 0 Å². The van der Waals surface area contributed by atoms with Crippen molar-refractivity contribution in [2.24, 2.45) is 0 Å². The van der Waals surface area contributed by atoms with Crippen LogP contribution in [0.3, 0.4) is 0 Å². The van der Waals surface area contributed by atoms with E-state index in [1.54, 1.807) is 0 Å². The van der Waals surface area contributed by atoms with Gasteiger partial charge in [-0.25, -0.2) is 9.97 Å². The normalized spacial score (nSPS) is 12.0. The Labute approximate surface area is 287 Å². The standard InChI is InChI=1S/C46H28N4/c1-2-15-33(16-3-1)49-40-21-11-9-18-35(40)36-24-22-32(28-42(36)49)45-37-19-8-10-20-39(37)47-46(48-45)50-41-25-23-29-12-6-7-17-34(29)44(41)38-26-30-13-4-5-14-31(30)27-43(38)50/h1-28H. The molecule has 0 amide bonds. The second-order valence-corrected chi connectivity index (χ2v) is 13.0. The predicted molar refractivity (Wildman–Crippen MR) is 209 cm³/mol. The smallest absolute Gasteiger partial charge is 0.235 e. The minimum absolute atomic E-state index is 0.660. The molecule has 0 radical (unpaired) electrons. The molecule has 0 saturated heterocycles. The molecule has 0 fully saturated rings. The summed E-state index contributed by atoms with van der Waals surface area (Å²) in [5.41, 5.74) is 8.52. The summed E-state index contributed by atoms with van der Waals surface area (Å²) in [4.78, 5) is 10.8. The fourth-order valence-electron chi connectivity index (χ4n) is 8.05. The Morgan fingerprint density at radius 2 is 1.02 bits per heavy atom. The topological polar surface area (TPSA) is 35.6 Å². The minimum Gasteiger partial charge on any atom is -0.309 e. The molecular weight excluding hydrogens is 609 g/mol. The van der Waals surface area contributed by atoms with Crippen LogP contribution in [0.2, 0.25) is 0 Å². The third kappa shape index (κ3) is 3.87. The molecule has 0 saturated carbocycles. The molecule has 0 spiro atoms. The van der Waals surface area contributed by atoms with Gasteiger partial charge in [0.25, 0.3) is 0 Å². The summed E-state index contributed by atoms with van der Waals surface area (Å²) < 4.78 is 4.63. The van der Waals surface area contributed by atoms with Crippen molar-refractivity contribution in [1.29, 1.82) is 0 Å². The van der Waals surface area contributed by atoms with Gasteiger partial charge in [-0.2, -0.15) is 0 Å². The van der Waals surface area contributed by atoms with Crippen LogP contribution < -0.4 is 0 Å². The van der Waals surface area contributed by atoms with E-state index < -0.39 is 0 Å². The van der Waals surface area contributed by atoms with Crippen molar-refractivity contribution in [1.82, 2.24) is 19.1 Å². The molecule has 232 valence electrons. The van der Waals surface area contributed by atoms with Crippen LogP contribution in [0.4, 0.5) is 0 Å². The molecule has 11 rings (SSSR count). The summed E-state index contributed by atoms with van der Waals surface area (Å²) in [6, 6.07) is 60.7. The lowest BCUT2D eigenvalue weighted by Gasteiger charge is -2.13.